The Hall–Kier alpha value is -2.04. The normalized spacial score (nSPS) is 18.4. The van der Waals surface area contributed by atoms with E-state index in [4.69, 9.17) is 4.74 Å². The highest BCUT2D eigenvalue weighted by Crippen LogP contribution is 2.22. The molecule has 0 radical (unpaired) electrons. The summed E-state index contributed by atoms with van der Waals surface area (Å²) in [6.07, 6.45) is 2.35. The van der Waals surface area contributed by atoms with Gasteiger partial charge in [-0.1, -0.05) is 12.1 Å². The van der Waals surface area contributed by atoms with Crippen molar-refractivity contribution in [2.75, 3.05) is 33.3 Å². The molecule has 2 heterocycles. The number of hydrogen-bond acceptors (Lipinski definition) is 4. The van der Waals surface area contributed by atoms with E-state index in [2.05, 4.69) is 9.89 Å². The molecule has 0 bridgehead atoms. The van der Waals surface area contributed by atoms with Crippen molar-refractivity contribution in [2.24, 2.45) is 4.99 Å². The van der Waals surface area contributed by atoms with Crippen LogP contribution >= 0.6 is 0 Å². The van der Waals surface area contributed by atoms with Gasteiger partial charge in [0.25, 0.3) is 5.91 Å². The molecule has 0 aliphatic carbocycles. The number of amides is 1. The first-order chi connectivity index (χ1) is 9.81. The Labute approximate surface area is 118 Å². The van der Waals surface area contributed by atoms with Gasteiger partial charge in [0.1, 0.15) is 5.75 Å². The Morgan fingerprint density at radius 1 is 1.20 bits per heavy atom. The van der Waals surface area contributed by atoms with Crippen molar-refractivity contribution in [1.29, 1.82) is 0 Å². The summed E-state index contributed by atoms with van der Waals surface area (Å²) in [6.45, 7) is 3.33. The molecule has 5 heteroatoms. The minimum absolute atomic E-state index is 0.0226. The maximum absolute atomic E-state index is 12.7. The molecule has 1 aromatic rings. The Morgan fingerprint density at radius 2 is 1.95 bits per heavy atom. The molecule has 1 saturated heterocycles. The summed E-state index contributed by atoms with van der Waals surface area (Å²) < 4.78 is 5.29. The summed E-state index contributed by atoms with van der Waals surface area (Å²) in [5.74, 6) is 1.43. The van der Waals surface area contributed by atoms with Crippen LogP contribution in [-0.2, 0) is 0 Å². The van der Waals surface area contributed by atoms with E-state index < -0.39 is 0 Å². The SMILES string of the molecule is COc1ccccc1C(=O)N1CCN=C1N1CCCC1. The second kappa shape index (κ2) is 5.53. The number of benzene rings is 1. The molecule has 0 atom stereocenters. The third kappa shape index (κ3) is 2.24. The van der Waals surface area contributed by atoms with Gasteiger partial charge in [-0.25, -0.2) is 0 Å². The summed E-state index contributed by atoms with van der Waals surface area (Å²) >= 11 is 0. The van der Waals surface area contributed by atoms with Crippen LogP contribution in [0.3, 0.4) is 0 Å². The highest BCUT2D eigenvalue weighted by molar-refractivity contribution is 6.07. The Morgan fingerprint density at radius 3 is 2.70 bits per heavy atom. The van der Waals surface area contributed by atoms with Crippen molar-refractivity contribution >= 4 is 11.9 Å². The number of hydrogen-bond donors (Lipinski definition) is 0. The number of methoxy groups -OCH3 is 1. The van der Waals surface area contributed by atoms with E-state index in [1.807, 2.05) is 18.2 Å². The summed E-state index contributed by atoms with van der Waals surface area (Å²) in [7, 11) is 1.59. The molecule has 1 fully saturated rings. The number of para-hydroxylation sites is 1. The lowest BCUT2D eigenvalue weighted by Crippen LogP contribution is -2.43. The zero-order chi connectivity index (χ0) is 13.9. The van der Waals surface area contributed by atoms with Crippen LogP contribution in [0.25, 0.3) is 0 Å². The monoisotopic (exact) mass is 273 g/mol. The van der Waals surface area contributed by atoms with Crippen LogP contribution in [0.15, 0.2) is 29.3 Å². The maximum Gasteiger partial charge on any atom is 0.264 e. The molecule has 1 amide bonds. The lowest BCUT2D eigenvalue weighted by Gasteiger charge is -2.26. The smallest absolute Gasteiger partial charge is 0.264 e. The number of aliphatic imine (C=N–C) groups is 1. The molecule has 0 spiro atoms. The van der Waals surface area contributed by atoms with Gasteiger partial charge in [-0.3, -0.25) is 14.7 Å². The topological polar surface area (TPSA) is 45.1 Å². The van der Waals surface area contributed by atoms with Crippen LogP contribution < -0.4 is 4.74 Å². The zero-order valence-electron chi connectivity index (χ0n) is 11.7. The van der Waals surface area contributed by atoms with E-state index >= 15 is 0 Å². The summed E-state index contributed by atoms with van der Waals surface area (Å²) in [6, 6.07) is 7.35. The molecule has 0 saturated carbocycles. The first-order valence-corrected chi connectivity index (χ1v) is 7.05. The van der Waals surface area contributed by atoms with E-state index in [9.17, 15) is 4.79 Å². The van der Waals surface area contributed by atoms with Crippen molar-refractivity contribution in [3.8, 4) is 5.75 Å². The number of ether oxygens (including phenoxy) is 1. The predicted octanol–water partition coefficient (Wildman–Crippen LogP) is 1.60. The third-order valence-corrected chi connectivity index (χ3v) is 3.79. The van der Waals surface area contributed by atoms with Crippen molar-refractivity contribution < 1.29 is 9.53 Å². The Balaban J connectivity index is 1.84. The fraction of sp³-hybridized carbons (Fsp3) is 0.467. The third-order valence-electron chi connectivity index (χ3n) is 3.79. The lowest BCUT2D eigenvalue weighted by atomic mass is 10.1. The molecule has 2 aliphatic heterocycles. The number of guanidine groups is 1. The standard InChI is InChI=1S/C15H19N3O2/c1-20-13-7-3-2-6-12(13)14(19)18-11-8-16-15(18)17-9-4-5-10-17/h2-3,6-7H,4-5,8-11H2,1H3. The molecule has 2 aliphatic rings. The van der Waals surface area contributed by atoms with E-state index in [0.717, 1.165) is 19.0 Å². The second-order valence-corrected chi connectivity index (χ2v) is 5.03. The molecule has 20 heavy (non-hydrogen) atoms. The van der Waals surface area contributed by atoms with Gasteiger partial charge in [-0.05, 0) is 25.0 Å². The molecular weight excluding hydrogens is 254 g/mol. The molecule has 106 valence electrons. The van der Waals surface area contributed by atoms with E-state index in [-0.39, 0.29) is 5.91 Å². The van der Waals surface area contributed by atoms with Gasteiger partial charge >= 0.3 is 0 Å². The molecule has 3 rings (SSSR count). The van der Waals surface area contributed by atoms with Crippen LogP contribution in [0.4, 0.5) is 0 Å². The maximum atomic E-state index is 12.7. The summed E-state index contributed by atoms with van der Waals surface area (Å²) in [5, 5.41) is 0. The highest BCUT2D eigenvalue weighted by atomic mass is 16.5. The molecule has 1 aromatic carbocycles. The van der Waals surface area contributed by atoms with Crippen molar-refractivity contribution in [3.63, 3.8) is 0 Å². The van der Waals surface area contributed by atoms with Crippen molar-refractivity contribution in [2.45, 2.75) is 12.8 Å². The number of rotatable bonds is 2. The summed E-state index contributed by atoms with van der Waals surface area (Å²) in [4.78, 5) is 21.2. The average molecular weight is 273 g/mol. The fourth-order valence-electron chi connectivity index (χ4n) is 2.78. The quantitative estimate of drug-likeness (QED) is 0.822. The van der Waals surface area contributed by atoms with Gasteiger partial charge in [0.05, 0.1) is 19.2 Å². The van der Waals surface area contributed by atoms with Crippen LogP contribution in [0.5, 0.6) is 5.75 Å². The molecule has 0 unspecified atom stereocenters. The van der Waals surface area contributed by atoms with Gasteiger partial charge in [-0.15, -0.1) is 0 Å². The molecule has 5 nitrogen and oxygen atoms in total. The zero-order valence-corrected chi connectivity index (χ0v) is 11.7. The Kier molecular flexibility index (Phi) is 3.58. The fourth-order valence-corrected chi connectivity index (χ4v) is 2.78. The van der Waals surface area contributed by atoms with E-state index in [0.29, 0.717) is 24.4 Å². The number of nitrogens with zero attached hydrogens (tertiary/aromatic N) is 3. The van der Waals surface area contributed by atoms with Crippen LogP contribution in [0, 0.1) is 0 Å². The van der Waals surface area contributed by atoms with Crippen LogP contribution in [0.2, 0.25) is 0 Å². The van der Waals surface area contributed by atoms with Gasteiger partial charge in [0.2, 0.25) is 5.96 Å². The molecular formula is C15H19N3O2. The number of carbonyl (C=O) groups is 1. The first-order valence-electron chi connectivity index (χ1n) is 7.05. The largest absolute Gasteiger partial charge is 0.496 e. The van der Waals surface area contributed by atoms with Gasteiger partial charge in [0.15, 0.2) is 0 Å². The Bertz CT molecular complexity index is 536. The first kappa shape index (κ1) is 13.0. The minimum Gasteiger partial charge on any atom is -0.496 e. The lowest BCUT2D eigenvalue weighted by molar-refractivity contribution is 0.0842. The highest BCUT2D eigenvalue weighted by Gasteiger charge is 2.31. The van der Waals surface area contributed by atoms with Gasteiger partial charge in [0, 0.05) is 19.6 Å². The number of carbonyl (C=O) groups excluding carboxylic acids is 1. The average Bonchev–Trinajstić information content (AvgIpc) is 3.16. The van der Waals surface area contributed by atoms with E-state index in [1.165, 1.54) is 12.8 Å². The van der Waals surface area contributed by atoms with Crippen LogP contribution in [0.1, 0.15) is 23.2 Å². The van der Waals surface area contributed by atoms with Gasteiger partial charge < -0.3 is 9.64 Å². The predicted molar refractivity (Wildman–Crippen MR) is 77.1 cm³/mol. The second-order valence-electron chi connectivity index (χ2n) is 5.03. The van der Waals surface area contributed by atoms with Crippen molar-refractivity contribution in [3.05, 3.63) is 29.8 Å². The molecule has 0 N–H and O–H groups in total. The minimum atomic E-state index is -0.0226. The number of likely N-dealkylation sites (tertiary alicyclic amines) is 1. The van der Waals surface area contributed by atoms with Crippen molar-refractivity contribution in [1.82, 2.24) is 9.80 Å². The summed E-state index contributed by atoms with van der Waals surface area (Å²) in [5.41, 5.74) is 0.601. The van der Waals surface area contributed by atoms with Crippen LogP contribution in [-0.4, -0.2) is 55.0 Å². The molecule has 0 aromatic heterocycles. The van der Waals surface area contributed by atoms with E-state index in [1.54, 1.807) is 18.1 Å². The van der Waals surface area contributed by atoms with Gasteiger partial charge in [-0.2, -0.15) is 0 Å².